The summed E-state index contributed by atoms with van der Waals surface area (Å²) in [6.07, 6.45) is 9.85. The molecule has 0 unspecified atom stereocenters. The van der Waals surface area contributed by atoms with E-state index in [2.05, 4.69) is 52.7 Å². The molecule has 0 aromatic carbocycles. The number of nitrogens with one attached hydrogen (secondary N) is 3. The molecule has 4 rings (SSSR count). The third-order valence-electron chi connectivity index (χ3n) is 6.05. The molecule has 0 radical (unpaired) electrons. The maximum absolute atomic E-state index is 4.65. The Labute approximate surface area is 185 Å². The average Bonchev–Trinajstić information content (AvgIpc) is 2.80. The highest BCUT2D eigenvalue weighted by Crippen LogP contribution is 2.21. The lowest BCUT2D eigenvalue weighted by Gasteiger charge is -2.32. The number of piperazine rings is 1. The van der Waals surface area contributed by atoms with Crippen LogP contribution in [0.2, 0.25) is 0 Å². The van der Waals surface area contributed by atoms with Gasteiger partial charge in [0, 0.05) is 64.2 Å². The van der Waals surface area contributed by atoms with Crippen molar-refractivity contribution < 1.29 is 0 Å². The SMILES string of the molecule is CN1CCN(CCNc2nc(NCc3cccnc3)nc(NC3CCCCC3)n2)CC1. The van der Waals surface area contributed by atoms with Gasteiger partial charge in [0.1, 0.15) is 0 Å². The Hall–Kier alpha value is -2.52. The van der Waals surface area contributed by atoms with Crippen molar-refractivity contribution in [3.05, 3.63) is 30.1 Å². The van der Waals surface area contributed by atoms with Crippen molar-refractivity contribution >= 4 is 17.8 Å². The van der Waals surface area contributed by atoms with E-state index in [0.717, 1.165) is 44.8 Å². The van der Waals surface area contributed by atoms with Gasteiger partial charge in [-0.05, 0) is 31.5 Å². The van der Waals surface area contributed by atoms with Crippen LogP contribution in [-0.4, -0.2) is 82.1 Å². The van der Waals surface area contributed by atoms with E-state index in [-0.39, 0.29) is 0 Å². The summed E-state index contributed by atoms with van der Waals surface area (Å²) in [5, 5.41) is 10.3. The second kappa shape index (κ2) is 11.2. The molecule has 1 aliphatic heterocycles. The smallest absolute Gasteiger partial charge is 0.229 e. The topological polar surface area (TPSA) is 94.1 Å². The molecule has 3 heterocycles. The molecule has 2 aromatic rings. The van der Waals surface area contributed by atoms with Gasteiger partial charge in [0.15, 0.2) is 0 Å². The predicted molar refractivity (Wildman–Crippen MR) is 124 cm³/mol. The summed E-state index contributed by atoms with van der Waals surface area (Å²) in [4.78, 5) is 22.9. The number of likely N-dealkylation sites (N-methyl/N-ethyl adjacent to an activating group) is 1. The Bertz CT molecular complexity index is 787. The van der Waals surface area contributed by atoms with Crippen molar-refractivity contribution in [1.82, 2.24) is 29.7 Å². The fourth-order valence-corrected chi connectivity index (χ4v) is 4.11. The van der Waals surface area contributed by atoms with Gasteiger partial charge in [0.25, 0.3) is 0 Å². The molecule has 2 aromatic heterocycles. The van der Waals surface area contributed by atoms with Crippen LogP contribution in [-0.2, 0) is 6.54 Å². The van der Waals surface area contributed by atoms with Crippen molar-refractivity contribution in [2.45, 2.75) is 44.7 Å². The molecule has 3 N–H and O–H groups in total. The monoisotopic (exact) mass is 425 g/mol. The lowest BCUT2D eigenvalue weighted by Crippen LogP contribution is -2.45. The fraction of sp³-hybridized carbons (Fsp3) is 0.636. The maximum atomic E-state index is 4.65. The molecule has 0 spiro atoms. The molecule has 1 saturated carbocycles. The minimum absolute atomic E-state index is 0.445. The third-order valence-corrected chi connectivity index (χ3v) is 6.05. The lowest BCUT2D eigenvalue weighted by molar-refractivity contribution is 0.158. The zero-order valence-electron chi connectivity index (χ0n) is 18.6. The van der Waals surface area contributed by atoms with Gasteiger partial charge in [0.05, 0.1) is 0 Å². The van der Waals surface area contributed by atoms with Gasteiger partial charge in [-0.2, -0.15) is 15.0 Å². The number of hydrogen-bond acceptors (Lipinski definition) is 9. The first-order chi connectivity index (χ1) is 15.2. The lowest BCUT2D eigenvalue weighted by atomic mass is 9.96. The van der Waals surface area contributed by atoms with Crippen LogP contribution in [0.5, 0.6) is 0 Å². The number of nitrogens with zero attached hydrogens (tertiary/aromatic N) is 6. The average molecular weight is 426 g/mol. The molecule has 2 aliphatic rings. The van der Waals surface area contributed by atoms with Gasteiger partial charge in [-0.1, -0.05) is 25.3 Å². The Morgan fingerprint density at radius 3 is 2.42 bits per heavy atom. The normalized spacial score (nSPS) is 18.6. The molecule has 2 fully saturated rings. The summed E-state index contributed by atoms with van der Waals surface area (Å²) in [5.41, 5.74) is 1.09. The van der Waals surface area contributed by atoms with E-state index in [9.17, 15) is 0 Å². The minimum atomic E-state index is 0.445. The maximum Gasteiger partial charge on any atom is 0.229 e. The highest BCUT2D eigenvalue weighted by molar-refractivity contribution is 5.43. The first-order valence-corrected chi connectivity index (χ1v) is 11.5. The van der Waals surface area contributed by atoms with Gasteiger partial charge in [0.2, 0.25) is 17.8 Å². The van der Waals surface area contributed by atoms with Crippen LogP contribution < -0.4 is 16.0 Å². The van der Waals surface area contributed by atoms with E-state index >= 15 is 0 Å². The number of hydrogen-bond donors (Lipinski definition) is 3. The summed E-state index contributed by atoms with van der Waals surface area (Å²) < 4.78 is 0. The largest absolute Gasteiger partial charge is 0.353 e. The molecule has 9 nitrogen and oxygen atoms in total. The van der Waals surface area contributed by atoms with Crippen molar-refractivity contribution in [3.63, 3.8) is 0 Å². The summed E-state index contributed by atoms with van der Waals surface area (Å²) in [6.45, 7) is 6.92. The number of anilines is 3. The second-order valence-corrected chi connectivity index (χ2v) is 8.57. The molecule has 9 heteroatoms. The van der Waals surface area contributed by atoms with Gasteiger partial charge in [-0.3, -0.25) is 9.88 Å². The molecule has 31 heavy (non-hydrogen) atoms. The summed E-state index contributed by atoms with van der Waals surface area (Å²) >= 11 is 0. The zero-order chi connectivity index (χ0) is 21.3. The number of rotatable bonds is 9. The number of pyridine rings is 1. The van der Waals surface area contributed by atoms with Crippen molar-refractivity contribution in [3.8, 4) is 0 Å². The van der Waals surface area contributed by atoms with Crippen LogP contribution >= 0.6 is 0 Å². The van der Waals surface area contributed by atoms with Gasteiger partial charge in [-0.25, -0.2) is 0 Å². The first kappa shape index (κ1) is 21.7. The standard InChI is InChI=1S/C22H35N9/c1-30-12-14-31(15-13-30)11-10-24-20-27-21(25-17-18-6-5-9-23-16-18)29-22(28-20)26-19-7-3-2-4-8-19/h5-6,9,16,19H,2-4,7-8,10-15,17H2,1H3,(H3,24,25,26,27,28,29). The Morgan fingerprint density at radius 1 is 0.935 bits per heavy atom. The summed E-state index contributed by atoms with van der Waals surface area (Å²) in [7, 11) is 2.18. The van der Waals surface area contributed by atoms with Crippen LogP contribution in [0.4, 0.5) is 17.8 Å². The molecule has 0 amide bonds. The highest BCUT2D eigenvalue weighted by Gasteiger charge is 2.16. The van der Waals surface area contributed by atoms with Gasteiger partial charge in [-0.15, -0.1) is 0 Å². The zero-order valence-corrected chi connectivity index (χ0v) is 18.6. The molecule has 0 bridgehead atoms. The molecular weight excluding hydrogens is 390 g/mol. The first-order valence-electron chi connectivity index (χ1n) is 11.5. The van der Waals surface area contributed by atoms with E-state index < -0.39 is 0 Å². The van der Waals surface area contributed by atoms with Crippen LogP contribution in [0.3, 0.4) is 0 Å². The van der Waals surface area contributed by atoms with E-state index in [0.29, 0.717) is 30.4 Å². The minimum Gasteiger partial charge on any atom is -0.353 e. The van der Waals surface area contributed by atoms with Crippen molar-refractivity contribution in [1.29, 1.82) is 0 Å². The summed E-state index contributed by atoms with van der Waals surface area (Å²) in [6, 6.07) is 4.42. The van der Waals surface area contributed by atoms with E-state index in [1.165, 1.54) is 32.1 Å². The Morgan fingerprint density at radius 2 is 1.68 bits per heavy atom. The Balaban J connectivity index is 1.37. The van der Waals surface area contributed by atoms with Crippen LogP contribution in [0.1, 0.15) is 37.7 Å². The van der Waals surface area contributed by atoms with Gasteiger partial charge >= 0.3 is 0 Å². The molecule has 1 aliphatic carbocycles. The second-order valence-electron chi connectivity index (χ2n) is 8.57. The van der Waals surface area contributed by atoms with Crippen LogP contribution in [0.15, 0.2) is 24.5 Å². The van der Waals surface area contributed by atoms with Crippen LogP contribution in [0.25, 0.3) is 0 Å². The molecule has 1 saturated heterocycles. The molecule has 168 valence electrons. The van der Waals surface area contributed by atoms with Crippen molar-refractivity contribution in [2.75, 3.05) is 62.3 Å². The van der Waals surface area contributed by atoms with E-state index in [1.54, 1.807) is 6.20 Å². The van der Waals surface area contributed by atoms with Crippen LogP contribution in [0, 0.1) is 0 Å². The van der Waals surface area contributed by atoms with Crippen molar-refractivity contribution in [2.24, 2.45) is 0 Å². The highest BCUT2D eigenvalue weighted by atomic mass is 15.3. The molecular formula is C22H35N9. The predicted octanol–water partition coefficient (Wildman–Crippen LogP) is 2.28. The van der Waals surface area contributed by atoms with E-state index in [4.69, 9.17) is 0 Å². The summed E-state index contributed by atoms with van der Waals surface area (Å²) in [5.74, 6) is 1.85. The Kier molecular flexibility index (Phi) is 7.84. The van der Waals surface area contributed by atoms with Gasteiger partial charge < -0.3 is 20.9 Å². The quantitative estimate of drug-likeness (QED) is 0.559. The molecule has 0 atom stereocenters. The third kappa shape index (κ3) is 7.00. The van der Waals surface area contributed by atoms with E-state index in [1.807, 2.05) is 18.3 Å². The fourth-order valence-electron chi connectivity index (χ4n) is 4.11. The number of aromatic nitrogens is 4.